The SMILES string of the molecule is CC(C)(C)C1CCC(O)(c2cccs2)CC1. The molecule has 1 heterocycles. The number of thiophene rings is 1. The third-order valence-electron chi connectivity index (χ3n) is 4.02. The van der Waals surface area contributed by atoms with E-state index >= 15 is 0 Å². The van der Waals surface area contributed by atoms with E-state index in [1.807, 2.05) is 6.07 Å². The van der Waals surface area contributed by atoms with E-state index in [0.717, 1.165) is 36.5 Å². The van der Waals surface area contributed by atoms with Gasteiger partial charge in [-0.25, -0.2) is 0 Å². The van der Waals surface area contributed by atoms with Crippen molar-refractivity contribution in [2.45, 2.75) is 52.1 Å². The lowest BCUT2D eigenvalue weighted by atomic mass is 9.68. The summed E-state index contributed by atoms with van der Waals surface area (Å²) < 4.78 is 0. The number of hydrogen-bond acceptors (Lipinski definition) is 2. The summed E-state index contributed by atoms with van der Waals surface area (Å²) in [7, 11) is 0. The Labute approximate surface area is 103 Å². The summed E-state index contributed by atoms with van der Waals surface area (Å²) >= 11 is 1.69. The van der Waals surface area contributed by atoms with E-state index < -0.39 is 5.60 Å². The molecule has 0 spiro atoms. The number of hydrogen-bond donors (Lipinski definition) is 1. The fourth-order valence-corrected chi connectivity index (χ4v) is 3.64. The van der Waals surface area contributed by atoms with E-state index in [0.29, 0.717) is 5.41 Å². The highest BCUT2D eigenvalue weighted by molar-refractivity contribution is 7.10. The van der Waals surface area contributed by atoms with Gasteiger partial charge in [0.15, 0.2) is 0 Å². The molecule has 0 amide bonds. The van der Waals surface area contributed by atoms with Gasteiger partial charge in [0.2, 0.25) is 0 Å². The van der Waals surface area contributed by atoms with Gasteiger partial charge in [0, 0.05) is 4.88 Å². The second-order valence-electron chi connectivity index (χ2n) is 6.15. The molecule has 2 rings (SSSR count). The highest BCUT2D eigenvalue weighted by atomic mass is 32.1. The van der Waals surface area contributed by atoms with Gasteiger partial charge in [-0.2, -0.15) is 0 Å². The third kappa shape index (κ3) is 2.33. The lowest BCUT2D eigenvalue weighted by Crippen LogP contribution is -2.34. The molecule has 16 heavy (non-hydrogen) atoms. The van der Waals surface area contributed by atoms with Crippen LogP contribution in [0.15, 0.2) is 17.5 Å². The second-order valence-corrected chi connectivity index (χ2v) is 7.10. The fraction of sp³-hybridized carbons (Fsp3) is 0.714. The predicted octanol–water partition coefficient (Wildman–Crippen LogP) is 4.17. The second kappa shape index (κ2) is 4.15. The van der Waals surface area contributed by atoms with E-state index in [-0.39, 0.29) is 0 Å². The van der Waals surface area contributed by atoms with Crippen molar-refractivity contribution >= 4 is 11.3 Å². The molecule has 0 bridgehead atoms. The lowest BCUT2D eigenvalue weighted by Gasteiger charge is -2.40. The van der Waals surface area contributed by atoms with Crippen molar-refractivity contribution in [3.8, 4) is 0 Å². The van der Waals surface area contributed by atoms with Gasteiger partial charge in [-0.3, -0.25) is 0 Å². The molecule has 2 heteroatoms. The maximum Gasteiger partial charge on any atom is 0.0988 e. The van der Waals surface area contributed by atoms with Crippen LogP contribution in [0.3, 0.4) is 0 Å². The monoisotopic (exact) mass is 238 g/mol. The molecule has 1 saturated carbocycles. The molecule has 1 nitrogen and oxygen atoms in total. The van der Waals surface area contributed by atoms with E-state index in [4.69, 9.17) is 0 Å². The summed E-state index contributed by atoms with van der Waals surface area (Å²) in [5.41, 5.74) is -0.146. The molecular formula is C14H22OS. The summed E-state index contributed by atoms with van der Waals surface area (Å²) in [6, 6.07) is 4.11. The fourth-order valence-electron chi connectivity index (χ4n) is 2.75. The Hall–Kier alpha value is -0.340. The van der Waals surface area contributed by atoms with Crippen LogP contribution in [0.4, 0.5) is 0 Å². The zero-order chi connectivity index (χ0) is 11.8. The summed E-state index contributed by atoms with van der Waals surface area (Å²) in [5.74, 6) is 0.757. The molecule has 1 aromatic heterocycles. The van der Waals surface area contributed by atoms with Crippen molar-refractivity contribution in [1.82, 2.24) is 0 Å². The van der Waals surface area contributed by atoms with Gasteiger partial charge in [-0.15, -0.1) is 11.3 Å². The molecule has 0 aromatic carbocycles. The summed E-state index contributed by atoms with van der Waals surface area (Å²) in [6.45, 7) is 6.94. The molecule has 1 fully saturated rings. The first-order valence-corrected chi connectivity index (χ1v) is 7.06. The number of aliphatic hydroxyl groups is 1. The van der Waals surface area contributed by atoms with Crippen molar-refractivity contribution in [1.29, 1.82) is 0 Å². The first kappa shape index (κ1) is 12.1. The Morgan fingerprint density at radius 1 is 1.31 bits per heavy atom. The standard InChI is InChI=1S/C14H22OS/c1-13(2,3)11-6-8-14(15,9-7-11)12-5-4-10-16-12/h4-5,10-11,15H,6-9H2,1-3H3. The van der Waals surface area contributed by atoms with Gasteiger partial charge in [-0.05, 0) is 48.5 Å². The smallest absolute Gasteiger partial charge is 0.0988 e. The highest BCUT2D eigenvalue weighted by Crippen LogP contribution is 2.46. The van der Waals surface area contributed by atoms with Crippen LogP contribution >= 0.6 is 11.3 Å². The van der Waals surface area contributed by atoms with Crippen LogP contribution in [0.2, 0.25) is 0 Å². The first-order chi connectivity index (χ1) is 7.42. The van der Waals surface area contributed by atoms with Gasteiger partial charge < -0.3 is 5.11 Å². The normalized spacial score (nSPS) is 31.6. The highest BCUT2D eigenvalue weighted by Gasteiger charge is 2.38. The number of rotatable bonds is 1. The minimum absolute atomic E-state index is 0.386. The average Bonchev–Trinajstić information content (AvgIpc) is 2.70. The summed E-state index contributed by atoms with van der Waals surface area (Å²) in [4.78, 5) is 1.15. The molecule has 1 aromatic rings. The van der Waals surface area contributed by atoms with Crippen molar-refractivity contribution in [3.63, 3.8) is 0 Å². The van der Waals surface area contributed by atoms with Crippen LogP contribution in [-0.4, -0.2) is 5.11 Å². The van der Waals surface area contributed by atoms with E-state index in [2.05, 4.69) is 32.2 Å². The quantitative estimate of drug-likeness (QED) is 0.778. The summed E-state index contributed by atoms with van der Waals surface area (Å²) in [5, 5.41) is 12.7. The van der Waals surface area contributed by atoms with E-state index in [9.17, 15) is 5.11 Å². The molecule has 0 atom stereocenters. The summed E-state index contributed by atoms with van der Waals surface area (Å²) in [6.07, 6.45) is 4.15. The van der Waals surface area contributed by atoms with Crippen molar-refractivity contribution in [2.75, 3.05) is 0 Å². The molecule has 0 unspecified atom stereocenters. The van der Waals surface area contributed by atoms with Gasteiger partial charge in [-0.1, -0.05) is 26.8 Å². The maximum atomic E-state index is 10.6. The Kier molecular flexibility index (Phi) is 3.15. The zero-order valence-corrected chi connectivity index (χ0v) is 11.3. The van der Waals surface area contributed by atoms with E-state index in [1.54, 1.807) is 11.3 Å². The maximum absolute atomic E-state index is 10.6. The molecule has 90 valence electrons. The third-order valence-corrected chi connectivity index (χ3v) is 5.08. The van der Waals surface area contributed by atoms with Crippen LogP contribution in [0.5, 0.6) is 0 Å². The van der Waals surface area contributed by atoms with Gasteiger partial charge in [0.1, 0.15) is 0 Å². The lowest BCUT2D eigenvalue weighted by molar-refractivity contribution is -0.0269. The van der Waals surface area contributed by atoms with Crippen LogP contribution in [0.25, 0.3) is 0 Å². The van der Waals surface area contributed by atoms with Gasteiger partial charge in [0.25, 0.3) is 0 Å². The van der Waals surface area contributed by atoms with E-state index in [1.165, 1.54) is 0 Å². The van der Waals surface area contributed by atoms with Crippen LogP contribution < -0.4 is 0 Å². The zero-order valence-electron chi connectivity index (χ0n) is 10.5. The minimum Gasteiger partial charge on any atom is -0.384 e. The van der Waals surface area contributed by atoms with Crippen LogP contribution in [-0.2, 0) is 5.60 Å². The largest absolute Gasteiger partial charge is 0.384 e. The Bertz CT molecular complexity index is 326. The molecule has 1 N–H and O–H groups in total. The predicted molar refractivity (Wildman–Crippen MR) is 69.6 cm³/mol. The molecule has 0 radical (unpaired) electrons. The molecule has 1 aliphatic rings. The Morgan fingerprint density at radius 3 is 2.38 bits per heavy atom. The topological polar surface area (TPSA) is 20.2 Å². The van der Waals surface area contributed by atoms with Crippen LogP contribution in [0, 0.1) is 11.3 Å². The molecule has 0 aliphatic heterocycles. The molecule has 0 saturated heterocycles. The van der Waals surface area contributed by atoms with Crippen LogP contribution in [0.1, 0.15) is 51.3 Å². The molecule has 1 aliphatic carbocycles. The van der Waals surface area contributed by atoms with Gasteiger partial charge in [0.05, 0.1) is 5.60 Å². The average molecular weight is 238 g/mol. The Balaban J connectivity index is 2.05. The first-order valence-electron chi connectivity index (χ1n) is 6.18. The molecular weight excluding hydrogens is 216 g/mol. The van der Waals surface area contributed by atoms with Crippen molar-refractivity contribution < 1.29 is 5.11 Å². The minimum atomic E-state index is -0.532. The van der Waals surface area contributed by atoms with Gasteiger partial charge >= 0.3 is 0 Å². The van der Waals surface area contributed by atoms with Crippen molar-refractivity contribution in [2.24, 2.45) is 11.3 Å². The van der Waals surface area contributed by atoms with Crippen molar-refractivity contribution in [3.05, 3.63) is 22.4 Å². The Morgan fingerprint density at radius 2 is 1.94 bits per heavy atom.